The first-order valence-corrected chi connectivity index (χ1v) is 7.66. The van der Waals surface area contributed by atoms with Crippen molar-refractivity contribution in [2.24, 2.45) is 0 Å². The molecule has 2 aromatic rings. The van der Waals surface area contributed by atoms with Gasteiger partial charge in [0.1, 0.15) is 18.1 Å². The lowest BCUT2D eigenvalue weighted by atomic mass is 10.1. The van der Waals surface area contributed by atoms with Crippen LogP contribution < -0.4 is 5.32 Å². The van der Waals surface area contributed by atoms with Gasteiger partial charge in [-0.15, -0.1) is 0 Å². The fourth-order valence-electron chi connectivity index (χ4n) is 2.24. The van der Waals surface area contributed by atoms with Crippen LogP contribution in [-0.2, 0) is 17.9 Å². The monoisotopic (exact) mass is 287 g/mol. The molecule has 3 heteroatoms. The second-order valence-corrected chi connectivity index (χ2v) is 5.36. The molecule has 1 aromatic carbocycles. The minimum Gasteiger partial charge on any atom is -0.462 e. The SMILES string of the molecule is CCCNCc1oc(COC(C)c2ccccc2)cc1C. The van der Waals surface area contributed by atoms with E-state index in [0.29, 0.717) is 6.61 Å². The van der Waals surface area contributed by atoms with E-state index in [1.807, 2.05) is 18.2 Å². The first kappa shape index (κ1) is 15.8. The van der Waals surface area contributed by atoms with Gasteiger partial charge in [0.2, 0.25) is 0 Å². The molecule has 3 nitrogen and oxygen atoms in total. The highest BCUT2D eigenvalue weighted by molar-refractivity contribution is 5.20. The number of nitrogens with one attached hydrogen (secondary N) is 1. The summed E-state index contributed by atoms with van der Waals surface area (Å²) in [6, 6.07) is 12.3. The van der Waals surface area contributed by atoms with Crippen LogP contribution in [0.25, 0.3) is 0 Å². The fourth-order valence-corrected chi connectivity index (χ4v) is 2.24. The highest BCUT2D eigenvalue weighted by atomic mass is 16.5. The molecular formula is C18H25NO2. The van der Waals surface area contributed by atoms with Gasteiger partial charge >= 0.3 is 0 Å². The molecule has 1 atom stereocenters. The van der Waals surface area contributed by atoms with E-state index >= 15 is 0 Å². The molecule has 1 aromatic heterocycles. The second-order valence-electron chi connectivity index (χ2n) is 5.36. The Hall–Kier alpha value is -1.58. The Morgan fingerprint density at radius 2 is 2.00 bits per heavy atom. The van der Waals surface area contributed by atoms with Crippen LogP contribution in [-0.4, -0.2) is 6.54 Å². The van der Waals surface area contributed by atoms with Crippen LogP contribution in [0.3, 0.4) is 0 Å². The number of ether oxygens (including phenoxy) is 1. The van der Waals surface area contributed by atoms with Gasteiger partial charge in [0, 0.05) is 0 Å². The lowest BCUT2D eigenvalue weighted by Gasteiger charge is -2.12. The van der Waals surface area contributed by atoms with E-state index < -0.39 is 0 Å². The molecule has 0 aliphatic rings. The standard InChI is InChI=1S/C18H25NO2/c1-4-10-19-12-18-14(2)11-17(21-18)13-20-15(3)16-8-6-5-7-9-16/h5-9,11,15,19H,4,10,12-13H2,1-3H3. The molecule has 0 amide bonds. The number of aryl methyl sites for hydroxylation is 1. The Morgan fingerprint density at radius 1 is 1.24 bits per heavy atom. The maximum atomic E-state index is 5.89. The average Bonchev–Trinajstić information content (AvgIpc) is 2.86. The summed E-state index contributed by atoms with van der Waals surface area (Å²) in [4.78, 5) is 0. The highest BCUT2D eigenvalue weighted by Crippen LogP contribution is 2.20. The summed E-state index contributed by atoms with van der Waals surface area (Å²) in [7, 11) is 0. The number of rotatable bonds is 8. The molecule has 1 N–H and O–H groups in total. The summed E-state index contributed by atoms with van der Waals surface area (Å²) in [6.45, 7) is 8.60. The van der Waals surface area contributed by atoms with Gasteiger partial charge in [-0.1, -0.05) is 37.3 Å². The summed E-state index contributed by atoms with van der Waals surface area (Å²) < 4.78 is 11.8. The van der Waals surface area contributed by atoms with Crippen LogP contribution in [0.1, 0.15) is 49.0 Å². The van der Waals surface area contributed by atoms with Gasteiger partial charge in [0.15, 0.2) is 0 Å². The van der Waals surface area contributed by atoms with E-state index in [1.54, 1.807) is 0 Å². The maximum Gasteiger partial charge on any atom is 0.130 e. The van der Waals surface area contributed by atoms with E-state index in [-0.39, 0.29) is 6.10 Å². The van der Waals surface area contributed by atoms with Gasteiger partial charge in [0.05, 0.1) is 12.6 Å². The third kappa shape index (κ3) is 4.73. The van der Waals surface area contributed by atoms with Gasteiger partial charge in [-0.05, 0) is 44.0 Å². The van der Waals surface area contributed by atoms with Crippen molar-refractivity contribution in [3.8, 4) is 0 Å². The molecule has 0 bridgehead atoms. The first-order valence-electron chi connectivity index (χ1n) is 7.66. The predicted molar refractivity (Wildman–Crippen MR) is 85.1 cm³/mol. The lowest BCUT2D eigenvalue weighted by Crippen LogP contribution is -2.13. The number of benzene rings is 1. The fraction of sp³-hybridized carbons (Fsp3) is 0.444. The Morgan fingerprint density at radius 3 is 2.71 bits per heavy atom. The Bertz CT molecular complexity index is 533. The van der Waals surface area contributed by atoms with Crippen molar-refractivity contribution in [2.75, 3.05) is 6.54 Å². The van der Waals surface area contributed by atoms with Crippen molar-refractivity contribution in [2.45, 2.75) is 46.4 Å². The Labute approximate surface area is 127 Å². The van der Waals surface area contributed by atoms with Crippen molar-refractivity contribution >= 4 is 0 Å². The summed E-state index contributed by atoms with van der Waals surface area (Å²) in [5.74, 6) is 1.90. The van der Waals surface area contributed by atoms with Gasteiger partial charge in [-0.3, -0.25) is 0 Å². The van der Waals surface area contributed by atoms with Gasteiger partial charge in [-0.25, -0.2) is 0 Å². The summed E-state index contributed by atoms with van der Waals surface area (Å²) >= 11 is 0. The van der Waals surface area contributed by atoms with Crippen molar-refractivity contribution < 1.29 is 9.15 Å². The van der Waals surface area contributed by atoms with Crippen molar-refractivity contribution in [1.29, 1.82) is 0 Å². The zero-order valence-electron chi connectivity index (χ0n) is 13.2. The number of hydrogen-bond acceptors (Lipinski definition) is 3. The molecule has 1 heterocycles. The van der Waals surface area contributed by atoms with E-state index in [4.69, 9.17) is 9.15 Å². The minimum atomic E-state index is 0.0678. The molecule has 0 spiro atoms. The molecule has 0 saturated heterocycles. The van der Waals surface area contributed by atoms with Gasteiger partial charge in [-0.2, -0.15) is 0 Å². The highest BCUT2D eigenvalue weighted by Gasteiger charge is 2.10. The summed E-state index contributed by atoms with van der Waals surface area (Å²) in [5, 5.41) is 3.36. The van der Waals surface area contributed by atoms with Crippen molar-refractivity contribution in [3.63, 3.8) is 0 Å². The third-order valence-electron chi connectivity index (χ3n) is 3.53. The van der Waals surface area contributed by atoms with Crippen molar-refractivity contribution in [1.82, 2.24) is 5.32 Å². The zero-order valence-corrected chi connectivity index (χ0v) is 13.2. The molecule has 2 rings (SSSR count). The topological polar surface area (TPSA) is 34.4 Å². The van der Waals surface area contributed by atoms with Crippen LogP contribution in [0, 0.1) is 6.92 Å². The molecule has 0 fully saturated rings. The third-order valence-corrected chi connectivity index (χ3v) is 3.53. The smallest absolute Gasteiger partial charge is 0.130 e. The van der Waals surface area contributed by atoms with Gasteiger partial charge < -0.3 is 14.5 Å². The molecule has 0 radical (unpaired) electrons. The lowest BCUT2D eigenvalue weighted by molar-refractivity contribution is 0.0414. The largest absolute Gasteiger partial charge is 0.462 e. The number of furan rings is 1. The van der Waals surface area contributed by atoms with Crippen LogP contribution in [0.4, 0.5) is 0 Å². The molecule has 0 aliphatic carbocycles. The summed E-state index contributed by atoms with van der Waals surface area (Å²) in [6.07, 6.45) is 1.20. The molecule has 1 unspecified atom stereocenters. The first-order chi connectivity index (χ1) is 10.2. The van der Waals surface area contributed by atoms with Crippen LogP contribution >= 0.6 is 0 Å². The van der Waals surface area contributed by atoms with Crippen LogP contribution in [0.15, 0.2) is 40.8 Å². The molecule has 0 saturated carbocycles. The van der Waals surface area contributed by atoms with E-state index in [0.717, 1.165) is 31.0 Å². The van der Waals surface area contributed by atoms with E-state index in [2.05, 4.69) is 44.3 Å². The predicted octanol–water partition coefficient (Wildman–Crippen LogP) is 4.37. The average molecular weight is 287 g/mol. The van der Waals surface area contributed by atoms with E-state index in [1.165, 1.54) is 11.1 Å². The zero-order chi connectivity index (χ0) is 15.1. The molecular weight excluding hydrogens is 262 g/mol. The van der Waals surface area contributed by atoms with Crippen LogP contribution in [0.2, 0.25) is 0 Å². The van der Waals surface area contributed by atoms with Crippen molar-refractivity contribution in [3.05, 3.63) is 59.0 Å². The quantitative estimate of drug-likeness (QED) is 0.732. The second kappa shape index (κ2) is 8.01. The normalized spacial score (nSPS) is 12.5. The van der Waals surface area contributed by atoms with Crippen LogP contribution in [0.5, 0.6) is 0 Å². The summed E-state index contributed by atoms with van der Waals surface area (Å²) in [5.41, 5.74) is 2.37. The molecule has 21 heavy (non-hydrogen) atoms. The maximum absolute atomic E-state index is 5.89. The Balaban J connectivity index is 1.87. The van der Waals surface area contributed by atoms with E-state index in [9.17, 15) is 0 Å². The minimum absolute atomic E-state index is 0.0678. The molecule has 0 aliphatic heterocycles. The molecule has 114 valence electrons. The Kier molecular flexibility index (Phi) is 6.03. The van der Waals surface area contributed by atoms with Gasteiger partial charge in [0.25, 0.3) is 0 Å². The number of hydrogen-bond donors (Lipinski definition) is 1.